The van der Waals surface area contributed by atoms with Gasteiger partial charge < -0.3 is 9.88 Å². The van der Waals surface area contributed by atoms with Crippen LogP contribution >= 0.6 is 0 Å². The molecule has 1 aliphatic rings. The third-order valence-corrected chi connectivity index (χ3v) is 5.37. The van der Waals surface area contributed by atoms with E-state index in [1.807, 2.05) is 0 Å². The Morgan fingerprint density at radius 2 is 1.78 bits per heavy atom. The van der Waals surface area contributed by atoms with E-state index in [-0.39, 0.29) is 0 Å². The second-order valence-corrected chi connectivity index (χ2v) is 7.20. The van der Waals surface area contributed by atoms with Gasteiger partial charge in [0.1, 0.15) is 0 Å². The van der Waals surface area contributed by atoms with Gasteiger partial charge in [-0.1, -0.05) is 54.6 Å². The van der Waals surface area contributed by atoms with Crippen LogP contribution in [0.25, 0.3) is 17.1 Å². The molecule has 0 amide bonds. The minimum Gasteiger partial charge on any atom is -0.353 e. The third-order valence-electron chi connectivity index (χ3n) is 5.37. The van der Waals surface area contributed by atoms with Crippen molar-refractivity contribution < 1.29 is 0 Å². The second kappa shape index (κ2) is 8.40. The minimum absolute atomic E-state index is 0.501. The van der Waals surface area contributed by atoms with Crippen LogP contribution in [0.3, 0.4) is 0 Å². The Morgan fingerprint density at radius 1 is 1.04 bits per heavy atom. The molecule has 140 valence electrons. The van der Waals surface area contributed by atoms with Crippen LogP contribution in [0.1, 0.15) is 25.3 Å². The Hall–Kier alpha value is -2.59. The highest BCUT2D eigenvalue weighted by Crippen LogP contribution is 2.22. The lowest BCUT2D eigenvalue weighted by atomic mass is 10.1. The molecule has 1 aliphatic heterocycles. The summed E-state index contributed by atoms with van der Waals surface area (Å²) in [4.78, 5) is 7.34. The number of nitrogens with zero attached hydrogens (tertiary/aromatic N) is 3. The van der Waals surface area contributed by atoms with Crippen LogP contribution in [0.15, 0.2) is 60.7 Å². The van der Waals surface area contributed by atoms with E-state index in [9.17, 15) is 0 Å². The Kier molecular flexibility index (Phi) is 5.54. The molecule has 2 aromatic carbocycles. The first kappa shape index (κ1) is 17.8. The van der Waals surface area contributed by atoms with Gasteiger partial charge in [-0.25, -0.2) is 4.98 Å². The number of hydrogen-bond donors (Lipinski definition) is 1. The summed E-state index contributed by atoms with van der Waals surface area (Å²) in [6.07, 6.45) is 6.81. The summed E-state index contributed by atoms with van der Waals surface area (Å²) >= 11 is 0. The van der Waals surface area contributed by atoms with Gasteiger partial charge in [0, 0.05) is 32.2 Å². The maximum Gasteiger partial charge on any atom is 0.204 e. The third kappa shape index (κ3) is 4.22. The number of piperidine rings is 1. The van der Waals surface area contributed by atoms with Crippen LogP contribution in [0.5, 0.6) is 0 Å². The number of hydrogen-bond acceptors (Lipinski definition) is 3. The van der Waals surface area contributed by atoms with Crippen molar-refractivity contribution in [3.8, 4) is 0 Å². The van der Waals surface area contributed by atoms with Crippen LogP contribution in [-0.2, 0) is 6.54 Å². The molecular formula is C23H28N4. The van der Waals surface area contributed by atoms with E-state index in [1.54, 1.807) is 0 Å². The first-order valence-corrected chi connectivity index (χ1v) is 9.99. The smallest absolute Gasteiger partial charge is 0.204 e. The van der Waals surface area contributed by atoms with Crippen LogP contribution in [0.4, 0.5) is 5.95 Å². The SMILES string of the molecule is CCn1c(NC2CCN(C/C=C/c3ccccc3)CC2)nc2ccccc21. The molecule has 0 aliphatic carbocycles. The van der Waals surface area contributed by atoms with Crippen molar-refractivity contribution >= 4 is 23.1 Å². The fourth-order valence-electron chi connectivity index (χ4n) is 3.85. The molecule has 0 atom stereocenters. The lowest BCUT2D eigenvalue weighted by Gasteiger charge is -2.31. The largest absolute Gasteiger partial charge is 0.353 e. The summed E-state index contributed by atoms with van der Waals surface area (Å²) < 4.78 is 2.28. The van der Waals surface area contributed by atoms with Gasteiger partial charge in [0.15, 0.2) is 0 Å². The molecule has 0 spiro atoms. The Morgan fingerprint density at radius 3 is 2.56 bits per heavy atom. The van der Waals surface area contributed by atoms with Gasteiger partial charge in [-0.05, 0) is 37.5 Å². The highest BCUT2D eigenvalue weighted by molar-refractivity contribution is 5.78. The molecule has 0 bridgehead atoms. The Balaban J connectivity index is 1.31. The summed E-state index contributed by atoms with van der Waals surface area (Å²) in [6.45, 7) is 6.40. The average Bonchev–Trinajstić information content (AvgIpc) is 3.07. The van der Waals surface area contributed by atoms with Gasteiger partial charge in [-0.3, -0.25) is 4.90 Å². The van der Waals surface area contributed by atoms with E-state index < -0.39 is 0 Å². The predicted molar refractivity (Wildman–Crippen MR) is 114 cm³/mol. The molecule has 0 unspecified atom stereocenters. The van der Waals surface area contributed by atoms with E-state index in [2.05, 4.69) is 88.5 Å². The fraction of sp³-hybridized carbons (Fsp3) is 0.348. The van der Waals surface area contributed by atoms with Crippen LogP contribution < -0.4 is 5.32 Å². The topological polar surface area (TPSA) is 33.1 Å². The van der Waals surface area contributed by atoms with Gasteiger partial charge in [0.25, 0.3) is 0 Å². The van der Waals surface area contributed by atoms with Gasteiger partial charge in [0.05, 0.1) is 11.0 Å². The van der Waals surface area contributed by atoms with E-state index in [0.29, 0.717) is 6.04 Å². The van der Waals surface area contributed by atoms with Gasteiger partial charge >= 0.3 is 0 Å². The van der Waals surface area contributed by atoms with Crippen molar-refractivity contribution in [2.24, 2.45) is 0 Å². The summed E-state index contributed by atoms with van der Waals surface area (Å²) in [6, 6.07) is 19.4. The number of para-hydroxylation sites is 2. The normalized spacial score (nSPS) is 16.3. The van der Waals surface area contributed by atoms with Gasteiger partial charge in [0.2, 0.25) is 5.95 Å². The van der Waals surface area contributed by atoms with Crippen LogP contribution in [0, 0.1) is 0 Å². The number of aryl methyl sites for hydroxylation is 1. The number of fused-ring (bicyclic) bond motifs is 1. The number of rotatable bonds is 6. The molecule has 1 N–H and O–H groups in total. The summed E-state index contributed by atoms with van der Waals surface area (Å²) in [5.41, 5.74) is 3.56. The summed E-state index contributed by atoms with van der Waals surface area (Å²) in [7, 11) is 0. The maximum absolute atomic E-state index is 4.81. The van der Waals surface area contributed by atoms with Gasteiger partial charge in [-0.2, -0.15) is 0 Å². The quantitative estimate of drug-likeness (QED) is 0.695. The number of anilines is 1. The monoisotopic (exact) mass is 360 g/mol. The molecule has 0 saturated carbocycles. The predicted octanol–water partition coefficient (Wildman–Crippen LogP) is 4.65. The number of likely N-dealkylation sites (tertiary alicyclic amines) is 1. The lowest BCUT2D eigenvalue weighted by molar-refractivity contribution is 0.240. The van der Waals surface area contributed by atoms with E-state index in [0.717, 1.165) is 50.5 Å². The number of imidazole rings is 1. The average molecular weight is 361 g/mol. The molecule has 4 nitrogen and oxygen atoms in total. The zero-order valence-corrected chi connectivity index (χ0v) is 16.0. The number of benzene rings is 2. The standard InChI is InChI=1S/C23H28N4/c1-2-27-22-13-7-6-12-21(22)25-23(27)24-20-14-17-26(18-15-20)16-8-11-19-9-4-3-5-10-19/h3-13,20H,2,14-18H2,1H3,(H,24,25)/b11-8+. The summed E-state index contributed by atoms with van der Waals surface area (Å²) in [5.74, 6) is 1.01. The van der Waals surface area contributed by atoms with Gasteiger partial charge in [-0.15, -0.1) is 0 Å². The summed E-state index contributed by atoms with van der Waals surface area (Å²) in [5, 5.41) is 3.70. The van der Waals surface area contributed by atoms with Crippen molar-refractivity contribution in [3.05, 3.63) is 66.2 Å². The molecular weight excluding hydrogens is 332 g/mol. The minimum atomic E-state index is 0.501. The highest BCUT2D eigenvalue weighted by atomic mass is 15.2. The highest BCUT2D eigenvalue weighted by Gasteiger charge is 2.20. The molecule has 1 fully saturated rings. The van der Waals surface area contributed by atoms with E-state index in [1.165, 1.54) is 11.1 Å². The molecule has 4 rings (SSSR count). The molecule has 27 heavy (non-hydrogen) atoms. The van der Waals surface area contributed by atoms with Crippen LogP contribution in [-0.4, -0.2) is 40.1 Å². The van der Waals surface area contributed by atoms with Crippen molar-refractivity contribution in [1.82, 2.24) is 14.5 Å². The van der Waals surface area contributed by atoms with E-state index in [4.69, 9.17) is 4.98 Å². The fourth-order valence-corrected chi connectivity index (χ4v) is 3.85. The molecule has 4 heteroatoms. The van der Waals surface area contributed by atoms with E-state index >= 15 is 0 Å². The second-order valence-electron chi connectivity index (χ2n) is 7.20. The van der Waals surface area contributed by atoms with Crippen molar-refractivity contribution in [1.29, 1.82) is 0 Å². The van der Waals surface area contributed by atoms with Crippen molar-refractivity contribution in [2.75, 3.05) is 25.0 Å². The zero-order valence-electron chi connectivity index (χ0n) is 16.0. The first-order valence-electron chi connectivity index (χ1n) is 9.99. The van der Waals surface area contributed by atoms with Crippen LogP contribution in [0.2, 0.25) is 0 Å². The van der Waals surface area contributed by atoms with Crippen molar-refractivity contribution in [3.63, 3.8) is 0 Å². The Bertz CT molecular complexity index is 889. The number of aromatic nitrogens is 2. The zero-order chi connectivity index (χ0) is 18.5. The molecule has 2 heterocycles. The number of nitrogens with one attached hydrogen (secondary N) is 1. The Labute approximate surface area is 161 Å². The molecule has 3 aromatic rings. The molecule has 0 radical (unpaired) electrons. The maximum atomic E-state index is 4.81. The van der Waals surface area contributed by atoms with Crippen molar-refractivity contribution in [2.45, 2.75) is 32.4 Å². The molecule has 1 saturated heterocycles. The lowest BCUT2D eigenvalue weighted by Crippen LogP contribution is -2.39. The molecule has 1 aromatic heterocycles. The first-order chi connectivity index (χ1) is 13.3.